The molecule has 4 rings (SSSR count). The number of nitrogens with zero attached hydrogens (tertiary/aromatic N) is 3. The molecule has 0 unspecified atom stereocenters. The van der Waals surface area contributed by atoms with Gasteiger partial charge in [0.15, 0.2) is 5.16 Å². The van der Waals surface area contributed by atoms with E-state index in [-0.39, 0.29) is 11.8 Å². The van der Waals surface area contributed by atoms with Crippen LogP contribution in [0.2, 0.25) is 5.15 Å². The topological polar surface area (TPSA) is 58.1 Å². The normalized spacial score (nSPS) is 10.9. The van der Waals surface area contributed by atoms with Crippen LogP contribution < -0.4 is 10.2 Å². The first-order valence-corrected chi connectivity index (χ1v) is 13.2. The Kier molecular flexibility index (Phi) is 8.98. The van der Waals surface area contributed by atoms with Gasteiger partial charge in [0.05, 0.1) is 0 Å². The molecule has 7 heteroatoms. The summed E-state index contributed by atoms with van der Waals surface area (Å²) in [5.74, 6) is 1.62. The van der Waals surface area contributed by atoms with Crippen molar-refractivity contribution in [2.75, 3.05) is 25.5 Å². The fourth-order valence-electron chi connectivity index (χ4n) is 3.91. The standard InChI is InChI=1S/C29H29ClN4OS/c1-34(2)27-19-26(30)32-29(33-27)36-20-21-13-15-24(16-14-21)28(35)31-18-17-25(22-9-5-3-6-10-22)23-11-7-4-8-12-23/h3-16,19,25H,17-18,20H2,1-2H3,(H,31,35). The van der Waals surface area contributed by atoms with Crippen molar-refractivity contribution in [1.82, 2.24) is 15.3 Å². The van der Waals surface area contributed by atoms with Crippen LogP contribution in [0.4, 0.5) is 5.82 Å². The Balaban J connectivity index is 1.32. The van der Waals surface area contributed by atoms with Crippen LogP contribution in [-0.4, -0.2) is 36.5 Å². The summed E-state index contributed by atoms with van der Waals surface area (Å²) in [6.45, 7) is 0.588. The summed E-state index contributed by atoms with van der Waals surface area (Å²) in [4.78, 5) is 23.5. The fourth-order valence-corrected chi connectivity index (χ4v) is 4.94. The number of hydrogen-bond donors (Lipinski definition) is 1. The highest BCUT2D eigenvalue weighted by Crippen LogP contribution is 2.27. The Labute approximate surface area is 221 Å². The minimum atomic E-state index is -0.0668. The Morgan fingerprint density at radius 1 is 0.917 bits per heavy atom. The lowest BCUT2D eigenvalue weighted by Crippen LogP contribution is -2.25. The Morgan fingerprint density at radius 2 is 1.53 bits per heavy atom. The molecule has 184 valence electrons. The molecule has 5 nitrogen and oxygen atoms in total. The van der Waals surface area contributed by atoms with Crippen LogP contribution in [0.1, 0.15) is 39.4 Å². The van der Waals surface area contributed by atoms with Gasteiger partial charge in [0.25, 0.3) is 5.91 Å². The molecule has 0 aliphatic rings. The van der Waals surface area contributed by atoms with E-state index in [2.05, 4.69) is 63.8 Å². The summed E-state index contributed by atoms with van der Waals surface area (Å²) < 4.78 is 0. The molecule has 0 bridgehead atoms. The Morgan fingerprint density at radius 3 is 2.11 bits per heavy atom. The number of amides is 1. The first kappa shape index (κ1) is 25.7. The smallest absolute Gasteiger partial charge is 0.251 e. The van der Waals surface area contributed by atoms with E-state index in [0.717, 1.165) is 17.8 Å². The maximum absolute atomic E-state index is 12.8. The first-order valence-electron chi connectivity index (χ1n) is 11.8. The van der Waals surface area contributed by atoms with Gasteiger partial charge in [-0.2, -0.15) is 0 Å². The van der Waals surface area contributed by atoms with Crippen molar-refractivity contribution in [3.05, 3.63) is 118 Å². The van der Waals surface area contributed by atoms with Crippen LogP contribution in [-0.2, 0) is 5.75 Å². The van der Waals surface area contributed by atoms with Gasteiger partial charge in [-0.1, -0.05) is 96.2 Å². The average Bonchev–Trinajstić information content (AvgIpc) is 2.91. The third-order valence-corrected chi connectivity index (χ3v) is 6.94. The van der Waals surface area contributed by atoms with Crippen molar-refractivity contribution in [3.8, 4) is 0 Å². The number of carbonyl (C=O) groups excluding carboxylic acids is 1. The summed E-state index contributed by atoms with van der Waals surface area (Å²) in [5.41, 5.74) is 4.23. The predicted octanol–water partition coefficient (Wildman–Crippen LogP) is 6.44. The molecule has 1 amide bonds. The lowest BCUT2D eigenvalue weighted by molar-refractivity contribution is 0.0953. The van der Waals surface area contributed by atoms with Gasteiger partial charge in [-0.25, -0.2) is 9.97 Å². The van der Waals surface area contributed by atoms with Crippen LogP contribution in [0.5, 0.6) is 0 Å². The zero-order chi connectivity index (χ0) is 25.3. The molecule has 1 heterocycles. The molecule has 0 atom stereocenters. The number of rotatable bonds is 10. The van der Waals surface area contributed by atoms with E-state index < -0.39 is 0 Å². The number of thioether (sulfide) groups is 1. The minimum absolute atomic E-state index is 0.0668. The van der Waals surface area contributed by atoms with Crippen LogP contribution in [0.3, 0.4) is 0 Å². The summed E-state index contributed by atoms with van der Waals surface area (Å²) in [7, 11) is 3.83. The highest BCUT2D eigenvalue weighted by Gasteiger charge is 2.15. The van der Waals surface area contributed by atoms with Gasteiger partial charge in [0.1, 0.15) is 11.0 Å². The molecule has 1 aromatic heterocycles. The zero-order valence-electron chi connectivity index (χ0n) is 20.4. The van der Waals surface area contributed by atoms with Crippen molar-refractivity contribution >= 4 is 35.1 Å². The molecule has 3 aromatic carbocycles. The Hall–Kier alpha value is -3.35. The summed E-state index contributed by atoms with van der Waals surface area (Å²) in [6.07, 6.45) is 0.822. The third-order valence-electron chi connectivity index (χ3n) is 5.83. The zero-order valence-corrected chi connectivity index (χ0v) is 22.0. The molecule has 0 aliphatic carbocycles. The number of aromatic nitrogens is 2. The molecule has 0 fully saturated rings. The highest BCUT2D eigenvalue weighted by molar-refractivity contribution is 7.98. The molecule has 0 saturated carbocycles. The second-order valence-corrected chi connectivity index (χ2v) is 9.96. The van der Waals surface area contributed by atoms with Gasteiger partial charge in [-0.05, 0) is 35.2 Å². The quantitative estimate of drug-likeness (QED) is 0.149. The molecule has 36 heavy (non-hydrogen) atoms. The van der Waals surface area contributed by atoms with Gasteiger partial charge in [-0.15, -0.1) is 0 Å². The fraction of sp³-hybridized carbons (Fsp3) is 0.207. The lowest BCUT2D eigenvalue weighted by Gasteiger charge is -2.18. The molecule has 0 radical (unpaired) electrons. The second-order valence-electron chi connectivity index (χ2n) is 8.63. The number of hydrogen-bond acceptors (Lipinski definition) is 5. The number of carbonyl (C=O) groups is 1. The highest BCUT2D eigenvalue weighted by atomic mass is 35.5. The van der Waals surface area contributed by atoms with Crippen LogP contribution in [0.15, 0.2) is 96.2 Å². The maximum Gasteiger partial charge on any atom is 0.251 e. The molecule has 4 aromatic rings. The van der Waals surface area contributed by atoms with Crippen LogP contribution in [0, 0.1) is 0 Å². The summed E-state index contributed by atoms with van der Waals surface area (Å²) >= 11 is 7.64. The van der Waals surface area contributed by atoms with Gasteiger partial charge in [0, 0.05) is 43.9 Å². The summed E-state index contributed by atoms with van der Waals surface area (Å²) in [5, 5.41) is 4.13. The third kappa shape index (κ3) is 7.09. The van der Waals surface area contributed by atoms with Crippen molar-refractivity contribution < 1.29 is 4.79 Å². The molecule has 0 aliphatic heterocycles. The van der Waals surface area contributed by atoms with Crippen molar-refractivity contribution in [2.24, 2.45) is 0 Å². The minimum Gasteiger partial charge on any atom is -0.363 e. The van der Waals surface area contributed by atoms with Gasteiger partial charge in [-0.3, -0.25) is 4.79 Å². The van der Waals surface area contributed by atoms with E-state index in [1.807, 2.05) is 55.4 Å². The molecule has 0 spiro atoms. The van der Waals surface area contributed by atoms with Gasteiger partial charge >= 0.3 is 0 Å². The van der Waals surface area contributed by atoms with Crippen molar-refractivity contribution in [3.63, 3.8) is 0 Å². The van der Waals surface area contributed by atoms with Crippen molar-refractivity contribution in [1.29, 1.82) is 0 Å². The molecular weight excluding hydrogens is 488 g/mol. The molecule has 0 saturated heterocycles. The summed E-state index contributed by atoms with van der Waals surface area (Å²) in [6, 6.07) is 30.3. The largest absolute Gasteiger partial charge is 0.363 e. The molecule has 1 N–H and O–H groups in total. The van der Waals surface area contributed by atoms with Crippen LogP contribution >= 0.6 is 23.4 Å². The number of anilines is 1. The SMILES string of the molecule is CN(C)c1cc(Cl)nc(SCc2ccc(C(=O)NCCC(c3ccccc3)c3ccccc3)cc2)n1. The maximum atomic E-state index is 12.8. The van der Waals surface area contributed by atoms with E-state index in [0.29, 0.717) is 28.2 Å². The van der Waals surface area contributed by atoms with Gasteiger partial charge in [0.2, 0.25) is 0 Å². The van der Waals surface area contributed by atoms with E-state index in [1.165, 1.54) is 22.9 Å². The second kappa shape index (κ2) is 12.6. The number of benzene rings is 3. The molecular formula is C29H29ClN4OS. The van der Waals surface area contributed by atoms with Gasteiger partial charge < -0.3 is 10.2 Å². The Bertz CT molecular complexity index is 1230. The average molecular weight is 517 g/mol. The monoisotopic (exact) mass is 516 g/mol. The first-order chi connectivity index (χ1) is 17.5. The lowest BCUT2D eigenvalue weighted by atomic mass is 9.88. The van der Waals surface area contributed by atoms with E-state index in [9.17, 15) is 4.79 Å². The van der Waals surface area contributed by atoms with E-state index >= 15 is 0 Å². The van der Waals surface area contributed by atoms with Crippen molar-refractivity contribution in [2.45, 2.75) is 23.2 Å². The van der Waals surface area contributed by atoms with E-state index in [4.69, 9.17) is 11.6 Å². The van der Waals surface area contributed by atoms with E-state index in [1.54, 1.807) is 6.07 Å². The number of nitrogens with one attached hydrogen (secondary N) is 1. The van der Waals surface area contributed by atoms with Crippen LogP contribution in [0.25, 0.3) is 0 Å². The predicted molar refractivity (Wildman–Crippen MR) is 149 cm³/mol. The number of halogens is 1.